The molecule has 4 rings (SSSR count). The number of aryl methyl sites for hydroxylation is 1. The number of benzene rings is 3. The van der Waals surface area contributed by atoms with Crippen molar-refractivity contribution in [3.05, 3.63) is 83.4 Å². The van der Waals surface area contributed by atoms with Crippen LogP contribution in [0.5, 0.6) is 11.5 Å². The summed E-state index contributed by atoms with van der Waals surface area (Å²) in [4.78, 5) is 43.2. The van der Waals surface area contributed by atoms with Gasteiger partial charge in [-0.15, -0.1) is 0 Å². The molecule has 1 saturated heterocycles. The number of rotatable bonds is 8. The molecule has 9 heteroatoms. The summed E-state index contributed by atoms with van der Waals surface area (Å²) < 4.78 is 5.32. The molecule has 3 amide bonds. The van der Waals surface area contributed by atoms with Crippen molar-refractivity contribution in [3.63, 3.8) is 0 Å². The number of quaternary nitrogens is 1. The highest BCUT2D eigenvalue weighted by atomic mass is 16.7. The Kier molecular flexibility index (Phi) is 7.74. The van der Waals surface area contributed by atoms with Gasteiger partial charge in [-0.2, -0.15) is 0 Å². The van der Waals surface area contributed by atoms with Crippen LogP contribution in [0.3, 0.4) is 0 Å². The van der Waals surface area contributed by atoms with Gasteiger partial charge in [0.25, 0.3) is 0 Å². The maximum atomic E-state index is 13.4. The minimum Gasteiger partial charge on any atom is -0.495 e. The number of carbonyl (C=O) groups is 3. The van der Waals surface area contributed by atoms with E-state index in [0.29, 0.717) is 36.0 Å². The third-order valence-electron chi connectivity index (χ3n) is 6.39. The summed E-state index contributed by atoms with van der Waals surface area (Å²) in [6, 6.07) is 18.3. The van der Waals surface area contributed by atoms with Crippen LogP contribution in [-0.4, -0.2) is 47.9 Å². The van der Waals surface area contributed by atoms with Crippen LogP contribution < -0.4 is 20.2 Å². The Morgan fingerprint density at radius 1 is 0.919 bits per heavy atom. The lowest BCUT2D eigenvalue weighted by molar-refractivity contribution is -1.00. The van der Waals surface area contributed by atoms with E-state index in [1.54, 1.807) is 30.3 Å². The monoisotopic (exact) mass is 504 g/mol. The second kappa shape index (κ2) is 11.1. The molecule has 3 aromatic carbocycles. The van der Waals surface area contributed by atoms with Crippen LogP contribution in [-0.2, 0) is 11.2 Å². The Morgan fingerprint density at radius 2 is 1.59 bits per heavy atom. The van der Waals surface area contributed by atoms with E-state index in [-0.39, 0.29) is 22.5 Å². The van der Waals surface area contributed by atoms with E-state index in [1.165, 1.54) is 19.2 Å². The molecule has 3 aromatic rings. The number of carboxylic acids is 1. The molecule has 0 aromatic heterocycles. The lowest BCUT2D eigenvalue weighted by Crippen LogP contribution is -2.53. The topological polar surface area (TPSA) is 114 Å². The van der Waals surface area contributed by atoms with E-state index in [2.05, 4.69) is 10.6 Å². The van der Waals surface area contributed by atoms with Crippen LogP contribution in [0.1, 0.15) is 34.3 Å². The van der Waals surface area contributed by atoms with Gasteiger partial charge in [-0.3, -0.25) is 0 Å². The van der Waals surface area contributed by atoms with Crippen LogP contribution in [0.15, 0.2) is 66.7 Å². The summed E-state index contributed by atoms with van der Waals surface area (Å²) in [5.41, 5.74) is 3.00. The Balaban J connectivity index is 1.46. The summed E-state index contributed by atoms with van der Waals surface area (Å²) in [5, 5.41) is 14.7. The average Bonchev–Trinajstić information content (AvgIpc) is 3.36. The summed E-state index contributed by atoms with van der Waals surface area (Å²) in [7, 11) is 1.50. The lowest BCUT2D eigenvalue weighted by Gasteiger charge is -2.29. The maximum absolute atomic E-state index is 13.4. The molecular weight excluding hydrogens is 474 g/mol. The second-order valence-electron chi connectivity index (χ2n) is 8.96. The highest BCUT2D eigenvalue weighted by Gasteiger charge is 2.43. The van der Waals surface area contributed by atoms with Crippen LogP contribution in [0.25, 0.3) is 0 Å². The summed E-state index contributed by atoms with van der Waals surface area (Å²) >= 11 is 0. The third kappa shape index (κ3) is 6.07. The molecule has 0 bridgehead atoms. The van der Waals surface area contributed by atoms with Gasteiger partial charge in [0.2, 0.25) is 0 Å². The highest BCUT2D eigenvalue weighted by molar-refractivity contribution is 6.01. The molecule has 0 spiro atoms. The van der Waals surface area contributed by atoms with Gasteiger partial charge in [0.1, 0.15) is 18.8 Å². The number of ether oxygens (including phenoxy) is 1. The number of hydroxylamine groups is 3. The Hall–Kier alpha value is -4.37. The number of amides is 3. The van der Waals surface area contributed by atoms with Gasteiger partial charge in [0.05, 0.1) is 24.8 Å². The van der Waals surface area contributed by atoms with Gasteiger partial charge in [-0.25, -0.2) is 14.4 Å². The smallest absolute Gasteiger partial charge is 0.359 e. The molecule has 0 aliphatic carbocycles. The number of hydrogen-bond acceptors (Lipinski definition) is 5. The fourth-order valence-corrected chi connectivity index (χ4v) is 4.35. The van der Waals surface area contributed by atoms with E-state index < -0.39 is 12.0 Å². The normalized spacial score (nSPS) is 14.0. The zero-order chi connectivity index (χ0) is 26.4. The molecule has 0 saturated carbocycles. The van der Waals surface area contributed by atoms with Crippen LogP contribution in [0.2, 0.25) is 0 Å². The first-order valence-corrected chi connectivity index (χ1v) is 12.0. The molecular formula is C28H30N3O6+. The number of urea groups is 1. The standard InChI is InChI=1S/C28H29N3O6/c1-19-7-3-4-8-23(19)29-28(35)30-24-14-9-20(17-25(24)36-2)18-26(32)31(15-5-6-16-31)37-22-12-10-21(11-13-22)27(33)34/h3-4,7-14,17H,5-6,15-16,18H2,1-2H3,(H2-,29,30,33,34,35)/p+1. The highest BCUT2D eigenvalue weighted by Crippen LogP contribution is 2.29. The average molecular weight is 505 g/mol. The molecule has 1 aliphatic rings. The number of likely N-dealkylation sites (tertiary alicyclic amines) is 1. The van der Waals surface area contributed by atoms with E-state index in [0.717, 1.165) is 24.0 Å². The van der Waals surface area contributed by atoms with Gasteiger partial charge in [-0.05, 0) is 60.5 Å². The number of methoxy groups -OCH3 is 1. The molecule has 1 aliphatic heterocycles. The summed E-state index contributed by atoms with van der Waals surface area (Å²) in [5.74, 6) is -0.257. The fraction of sp³-hybridized carbons (Fsp3) is 0.250. The molecule has 0 unspecified atom stereocenters. The largest absolute Gasteiger partial charge is 0.495 e. The molecule has 0 atom stereocenters. The summed E-state index contributed by atoms with van der Waals surface area (Å²) in [6.45, 7) is 2.98. The van der Waals surface area contributed by atoms with Crippen molar-refractivity contribution in [2.75, 3.05) is 30.8 Å². The van der Waals surface area contributed by atoms with Crippen LogP contribution in [0.4, 0.5) is 16.2 Å². The van der Waals surface area contributed by atoms with Crippen molar-refractivity contribution in [3.8, 4) is 11.5 Å². The van der Waals surface area contributed by atoms with Crippen molar-refractivity contribution in [1.29, 1.82) is 0 Å². The number of carboxylic acid groups (broad SMARTS) is 1. The number of anilines is 2. The van der Waals surface area contributed by atoms with Crippen molar-refractivity contribution >= 4 is 29.3 Å². The zero-order valence-corrected chi connectivity index (χ0v) is 20.8. The van der Waals surface area contributed by atoms with Crippen molar-refractivity contribution in [1.82, 2.24) is 0 Å². The quantitative estimate of drug-likeness (QED) is 0.371. The Bertz CT molecular complexity index is 1300. The van der Waals surface area contributed by atoms with Crippen molar-refractivity contribution < 1.29 is 33.7 Å². The fourth-order valence-electron chi connectivity index (χ4n) is 4.35. The molecule has 37 heavy (non-hydrogen) atoms. The number of hydrogen-bond donors (Lipinski definition) is 3. The van der Waals surface area contributed by atoms with E-state index >= 15 is 0 Å². The summed E-state index contributed by atoms with van der Waals surface area (Å²) in [6.07, 6.45) is 1.81. The minimum absolute atomic E-state index is 0.110. The van der Waals surface area contributed by atoms with Gasteiger partial charge in [0, 0.05) is 18.5 Å². The molecule has 1 fully saturated rings. The molecule has 1 heterocycles. The van der Waals surface area contributed by atoms with E-state index in [9.17, 15) is 14.4 Å². The number of nitrogens with zero attached hydrogens (tertiary/aromatic N) is 1. The van der Waals surface area contributed by atoms with Crippen molar-refractivity contribution in [2.45, 2.75) is 26.2 Å². The number of nitrogens with one attached hydrogen (secondary N) is 2. The van der Waals surface area contributed by atoms with Crippen LogP contribution >= 0.6 is 0 Å². The molecule has 0 radical (unpaired) electrons. The zero-order valence-electron chi connectivity index (χ0n) is 20.8. The predicted octanol–water partition coefficient (Wildman–Crippen LogP) is 5.02. The van der Waals surface area contributed by atoms with E-state index in [4.69, 9.17) is 14.7 Å². The third-order valence-corrected chi connectivity index (χ3v) is 6.39. The van der Waals surface area contributed by atoms with Gasteiger partial charge in [0.15, 0.2) is 5.75 Å². The predicted molar refractivity (Wildman–Crippen MR) is 139 cm³/mol. The molecule has 9 nitrogen and oxygen atoms in total. The SMILES string of the molecule is COc1cc(CC(=O)[N+]2(Oc3ccc(C(=O)O)cc3)CCCC2)ccc1NC(=O)Nc1ccccc1C. The minimum atomic E-state index is -1.02. The lowest BCUT2D eigenvalue weighted by atomic mass is 10.1. The first kappa shape index (κ1) is 25.7. The molecule has 192 valence electrons. The Labute approximate surface area is 215 Å². The first-order valence-electron chi connectivity index (χ1n) is 12.0. The van der Waals surface area contributed by atoms with Gasteiger partial charge < -0.3 is 25.3 Å². The molecule has 3 N–H and O–H groups in total. The van der Waals surface area contributed by atoms with Gasteiger partial charge in [-0.1, -0.05) is 28.9 Å². The van der Waals surface area contributed by atoms with E-state index in [1.807, 2.05) is 31.2 Å². The second-order valence-corrected chi connectivity index (χ2v) is 8.96. The Morgan fingerprint density at radius 3 is 2.24 bits per heavy atom. The number of carbonyl (C=O) groups excluding carboxylic acids is 2. The van der Waals surface area contributed by atoms with Gasteiger partial charge >= 0.3 is 17.9 Å². The maximum Gasteiger partial charge on any atom is 0.359 e. The van der Waals surface area contributed by atoms with Crippen molar-refractivity contribution in [2.24, 2.45) is 0 Å². The number of para-hydroxylation sites is 1. The van der Waals surface area contributed by atoms with Crippen LogP contribution in [0, 0.1) is 6.92 Å². The first-order chi connectivity index (χ1) is 17.8. The number of aromatic carboxylic acids is 1.